The number of halogens is 1. The number of hydrogen-bond donors (Lipinski definition) is 2. The van der Waals surface area contributed by atoms with Gasteiger partial charge in [-0.15, -0.1) is 0 Å². The van der Waals surface area contributed by atoms with E-state index in [2.05, 4.69) is 10.2 Å². The molecule has 0 spiro atoms. The highest BCUT2D eigenvalue weighted by Crippen LogP contribution is 2.30. The molecule has 0 aromatic heterocycles. The molecule has 0 aliphatic carbocycles. The van der Waals surface area contributed by atoms with Crippen LogP contribution in [-0.4, -0.2) is 60.8 Å². The molecule has 2 amide bonds. The lowest BCUT2D eigenvalue weighted by atomic mass is 10.0. The van der Waals surface area contributed by atoms with Crippen LogP contribution in [0.3, 0.4) is 0 Å². The van der Waals surface area contributed by atoms with E-state index in [1.807, 2.05) is 12.1 Å². The minimum absolute atomic E-state index is 0.205. The smallest absolute Gasteiger partial charge is 0.414 e. The van der Waals surface area contributed by atoms with Crippen molar-refractivity contribution < 1.29 is 23.8 Å². The van der Waals surface area contributed by atoms with E-state index in [-0.39, 0.29) is 19.0 Å². The first-order valence-electron chi connectivity index (χ1n) is 10.4. The zero-order valence-corrected chi connectivity index (χ0v) is 17.4. The molecule has 0 radical (unpaired) electrons. The second-order valence-electron chi connectivity index (χ2n) is 8.01. The van der Waals surface area contributed by atoms with E-state index in [9.17, 15) is 19.1 Å². The van der Waals surface area contributed by atoms with Gasteiger partial charge in [0, 0.05) is 19.0 Å². The molecule has 164 valence electrons. The Morgan fingerprint density at radius 2 is 2.00 bits per heavy atom. The molecule has 2 N–H and O–H groups in total. The number of ether oxygens (including phenoxy) is 1. The summed E-state index contributed by atoms with van der Waals surface area (Å²) in [4.78, 5) is 26.7. The van der Waals surface area contributed by atoms with Crippen LogP contribution in [-0.2, 0) is 9.53 Å². The van der Waals surface area contributed by atoms with Crippen LogP contribution in [0.15, 0.2) is 42.5 Å². The van der Waals surface area contributed by atoms with E-state index in [0.29, 0.717) is 23.4 Å². The maximum absolute atomic E-state index is 14.9. The summed E-state index contributed by atoms with van der Waals surface area (Å²) in [7, 11) is 0. The SMILES string of the molecule is CC(=O)NC[C@H]1CN(c2ccc(-c3ccc([C@H](O)CN4CCC4)cc3)c(F)c2)C(=O)O1. The van der Waals surface area contributed by atoms with Gasteiger partial charge in [-0.3, -0.25) is 9.69 Å². The Labute approximate surface area is 180 Å². The number of benzene rings is 2. The number of aliphatic hydroxyl groups excluding tert-OH is 1. The Kier molecular flexibility index (Phi) is 6.20. The third-order valence-electron chi connectivity index (χ3n) is 5.70. The minimum Gasteiger partial charge on any atom is -0.442 e. The number of amides is 2. The Hall–Kier alpha value is -2.97. The number of likely N-dealkylation sites (tertiary alicyclic amines) is 1. The number of nitrogens with zero attached hydrogens (tertiary/aromatic N) is 2. The summed E-state index contributed by atoms with van der Waals surface area (Å²) in [5.41, 5.74) is 2.31. The lowest BCUT2D eigenvalue weighted by molar-refractivity contribution is -0.119. The number of nitrogens with one attached hydrogen (secondary N) is 1. The summed E-state index contributed by atoms with van der Waals surface area (Å²) in [6.07, 6.45) is -0.433. The van der Waals surface area contributed by atoms with Crippen LogP contribution in [0, 0.1) is 5.82 Å². The Morgan fingerprint density at radius 3 is 2.61 bits per heavy atom. The molecule has 4 rings (SSSR count). The first-order chi connectivity index (χ1) is 14.9. The normalized spacial score (nSPS) is 19.6. The Balaban J connectivity index is 1.43. The molecule has 7 nitrogen and oxygen atoms in total. The van der Waals surface area contributed by atoms with Gasteiger partial charge in [-0.2, -0.15) is 0 Å². The zero-order chi connectivity index (χ0) is 22.0. The molecule has 0 saturated carbocycles. The molecule has 0 unspecified atom stereocenters. The fourth-order valence-electron chi connectivity index (χ4n) is 3.80. The van der Waals surface area contributed by atoms with Gasteiger partial charge in [0.05, 0.1) is 24.9 Å². The molecule has 2 fully saturated rings. The number of carbonyl (C=O) groups excluding carboxylic acids is 2. The van der Waals surface area contributed by atoms with Crippen molar-refractivity contribution in [1.82, 2.24) is 10.2 Å². The average Bonchev–Trinajstić information content (AvgIpc) is 3.10. The van der Waals surface area contributed by atoms with Gasteiger partial charge in [-0.05, 0) is 48.8 Å². The molecule has 2 heterocycles. The fraction of sp³-hybridized carbons (Fsp3) is 0.391. The second-order valence-corrected chi connectivity index (χ2v) is 8.01. The predicted molar refractivity (Wildman–Crippen MR) is 114 cm³/mol. The number of hydrogen-bond acceptors (Lipinski definition) is 5. The van der Waals surface area contributed by atoms with Crippen LogP contribution in [0.1, 0.15) is 25.0 Å². The minimum atomic E-state index is -0.567. The number of β-amino-alcohol motifs (C(OH)–C–C–N with tert-alkyl or cyclic N) is 1. The van der Waals surface area contributed by atoms with Crippen molar-refractivity contribution in [2.75, 3.05) is 37.6 Å². The summed E-state index contributed by atoms with van der Waals surface area (Å²) in [5, 5.41) is 13.0. The number of anilines is 1. The van der Waals surface area contributed by atoms with Crippen LogP contribution in [0.5, 0.6) is 0 Å². The summed E-state index contributed by atoms with van der Waals surface area (Å²) < 4.78 is 20.1. The van der Waals surface area contributed by atoms with E-state index in [4.69, 9.17) is 4.74 Å². The highest BCUT2D eigenvalue weighted by molar-refractivity contribution is 5.90. The van der Waals surface area contributed by atoms with E-state index in [1.54, 1.807) is 24.3 Å². The molecule has 8 heteroatoms. The zero-order valence-electron chi connectivity index (χ0n) is 17.4. The molecule has 31 heavy (non-hydrogen) atoms. The van der Waals surface area contributed by atoms with Crippen molar-refractivity contribution in [1.29, 1.82) is 0 Å². The number of aliphatic hydroxyl groups is 1. The molecule has 2 aliphatic heterocycles. The van der Waals surface area contributed by atoms with Gasteiger partial charge >= 0.3 is 6.09 Å². The van der Waals surface area contributed by atoms with Gasteiger partial charge in [0.1, 0.15) is 11.9 Å². The van der Waals surface area contributed by atoms with E-state index in [1.165, 1.54) is 24.3 Å². The van der Waals surface area contributed by atoms with Gasteiger partial charge in [0.15, 0.2) is 0 Å². The molecule has 0 bridgehead atoms. The third kappa shape index (κ3) is 4.86. The van der Waals surface area contributed by atoms with Crippen LogP contribution in [0.2, 0.25) is 0 Å². The molecule has 2 atom stereocenters. The molecule has 2 saturated heterocycles. The van der Waals surface area contributed by atoms with E-state index in [0.717, 1.165) is 18.7 Å². The van der Waals surface area contributed by atoms with Crippen molar-refractivity contribution >= 4 is 17.7 Å². The standard InChI is InChI=1S/C23H26FN3O4/c1-15(28)25-12-19-13-27(23(30)31-19)18-7-8-20(21(24)11-18)16-3-5-17(6-4-16)22(29)14-26-9-2-10-26/h3-8,11,19,22,29H,2,9-10,12-14H2,1H3,(H,25,28)/t19-,22+/m0/s1. The molecule has 2 aromatic carbocycles. The molecule has 2 aromatic rings. The monoisotopic (exact) mass is 427 g/mol. The van der Waals surface area contributed by atoms with Crippen molar-refractivity contribution in [2.45, 2.75) is 25.6 Å². The Morgan fingerprint density at radius 1 is 1.26 bits per heavy atom. The second kappa shape index (κ2) is 9.03. The van der Waals surface area contributed by atoms with Crippen LogP contribution in [0.4, 0.5) is 14.9 Å². The highest BCUT2D eigenvalue weighted by atomic mass is 19.1. The summed E-state index contributed by atoms with van der Waals surface area (Å²) >= 11 is 0. The van der Waals surface area contributed by atoms with E-state index < -0.39 is 24.1 Å². The lowest BCUT2D eigenvalue weighted by Gasteiger charge is -2.32. The largest absolute Gasteiger partial charge is 0.442 e. The molecular weight excluding hydrogens is 401 g/mol. The van der Waals surface area contributed by atoms with Crippen LogP contribution in [0.25, 0.3) is 11.1 Å². The number of rotatable bonds is 7. The van der Waals surface area contributed by atoms with Crippen molar-refractivity contribution in [3.63, 3.8) is 0 Å². The first-order valence-corrected chi connectivity index (χ1v) is 10.4. The maximum atomic E-state index is 14.9. The average molecular weight is 427 g/mol. The maximum Gasteiger partial charge on any atom is 0.414 e. The van der Waals surface area contributed by atoms with Crippen molar-refractivity contribution in [3.05, 3.63) is 53.8 Å². The van der Waals surface area contributed by atoms with Gasteiger partial charge in [-0.25, -0.2) is 9.18 Å². The quantitative estimate of drug-likeness (QED) is 0.710. The van der Waals surface area contributed by atoms with Crippen molar-refractivity contribution in [2.24, 2.45) is 0 Å². The Bertz CT molecular complexity index is 962. The van der Waals surface area contributed by atoms with E-state index >= 15 is 0 Å². The summed E-state index contributed by atoms with van der Waals surface area (Å²) in [6.45, 7) is 4.49. The van der Waals surface area contributed by atoms with Gasteiger partial charge in [-0.1, -0.05) is 24.3 Å². The number of carbonyl (C=O) groups is 2. The van der Waals surface area contributed by atoms with Crippen LogP contribution >= 0.6 is 0 Å². The summed E-state index contributed by atoms with van der Waals surface area (Å²) in [5.74, 6) is -0.659. The lowest BCUT2D eigenvalue weighted by Crippen LogP contribution is -2.39. The van der Waals surface area contributed by atoms with Gasteiger partial charge < -0.3 is 20.1 Å². The predicted octanol–water partition coefficient (Wildman–Crippen LogP) is 2.69. The number of cyclic esters (lactones) is 1. The van der Waals surface area contributed by atoms with Crippen LogP contribution < -0.4 is 10.2 Å². The van der Waals surface area contributed by atoms with Gasteiger partial charge in [0.2, 0.25) is 5.91 Å². The fourth-order valence-corrected chi connectivity index (χ4v) is 3.80. The highest BCUT2D eigenvalue weighted by Gasteiger charge is 2.32. The third-order valence-corrected chi connectivity index (χ3v) is 5.70. The first kappa shape index (κ1) is 21.3. The van der Waals surface area contributed by atoms with Crippen molar-refractivity contribution in [3.8, 4) is 11.1 Å². The molecular formula is C23H26FN3O4. The molecule has 2 aliphatic rings. The topological polar surface area (TPSA) is 82.1 Å². The van der Waals surface area contributed by atoms with Gasteiger partial charge in [0.25, 0.3) is 0 Å². The summed E-state index contributed by atoms with van der Waals surface area (Å²) in [6, 6.07) is 11.8.